The van der Waals surface area contributed by atoms with E-state index in [0.29, 0.717) is 18.2 Å². The molecule has 1 saturated heterocycles. The number of nitrogens with zero attached hydrogens (tertiary/aromatic N) is 1. The van der Waals surface area contributed by atoms with Gasteiger partial charge in [0.05, 0.1) is 10.8 Å². The van der Waals surface area contributed by atoms with Gasteiger partial charge in [-0.3, -0.25) is 14.9 Å². The average Bonchev–Trinajstić information content (AvgIpc) is 2.76. The summed E-state index contributed by atoms with van der Waals surface area (Å²) in [5, 5.41) is 16.4. The lowest BCUT2D eigenvalue weighted by molar-refractivity contribution is -0.384. The highest BCUT2D eigenvalue weighted by Crippen LogP contribution is 2.20. The van der Waals surface area contributed by atoms with Crippen LogP contribution in [-0.4, -0.2) is 23.9 Å². The van der Waals surface area contributed by atoms with Gasteiger partial charge in [0.1, 0.15) is 0 Å². The van der Waals surface area contributed by atoms with Crippen LogP contribution in [-0.2, 0) is 4.79 Å². The summed E-state index contributed by atoms with van der Waals surface area (Å²) in [6, 6.07) is 5.85. The van der Waals surface area contributed by atoms with E-state index in [2.05, 4.69) is 10.6 Å². The van der Waals surface area contributed by atoms with Gasteiger partial charge >= 0.3 is 0 Å². The van der Waals surface area contributed by atoms with E-state index in [1.807, 2.05) is 6.92 Å². The molecule has 0 spiro atoms. The summed E-state index contributed by atoms with van der Waals surface area (Å²) >= 11 is 0. The summed E-state index contributed by atoms with van der Waals surface area (Å²) in [5.74, 6) is 0.226. The third kappa shape index (κ3) is 2.65. The Balaban J connectivity index is 2.00. The summed E-state index contributed by atoms with van der Waals surface area (Å²) < 4.78 is 0. The molecule has 2 N–H and O–H groups in total. The lowest BCUT2D eigenvalue weighted by Crippen LogP contribution is -2.27. The fraction of sp³-hybridized carbons (Fsp3) is 0.417. The van der Waals surface area contributed by atoms with E-state index in [1.165, 1.54) is 12.1 Å². The van der Waals surface area contributed by atoms with Crippen LogP contribution in [0, 0.1) is 22.0 Å². The zero-order valence-corrected chi connectivity index (χ0v) is 10.1. The number of rotatable bonds is 3. The largest absolute Gasteiger partial charge is 0.326 e. The van der Waals surface area contributed by atoms with E-state index in [-0.39, 0.29) is 17.5 Å². The Morgan fingerprint density at radius 2 is 2.06 bits per heavy atom. The van der Waals surface area contributed by atoms with E-state index < -0.39 is 4.92 Å². The van der Waals surface area contributed by atoms with E-state index in [4.69, 9.17) is 0 Å². The third-order valence-corrected chi connectivity index (χ3v) is 3.20. The third-order valence-electron chi connectivity index (χ3n) is 3.20. The molecule has 1 aromatic rings. The van der Waals surface area contributed by atoms with Crippen molar-refractivity contribution < 1.29 is 9.72 Å². The highest BCUT2D eigenvalue weighted by molar-refractivity contribution is 5.93. The van der Waals surface area contributed by atoms with Gasteiger partial charge in [0, 0.05) is 24.4 Å². The standard InChI is InChI=1S/C12H15N3O3/c1-8-6-13-7-11(8)12(16)14-9-2-4-10(5-3-9)15(17)18/h2-5,8,11,13H,6-7H2,1H3,(H,14,16). The van der Waals surface area contributed by atoms with Crippen LogP contribution < -0.4 is 10.6 Å². The molecular weight excluding hydrogens is 234 g/mol. The van der Waals surface area contributed by atoms with Gasteiger partial charge < -0.3 is 10.6 Å². The van der Waals surface area contributed by atoms with Crippen molar-refractivity contribution in [2.45, 2.75) is 6.92 Å². The molecule has 18 heavy (non-hydrogen) atoms. The SMILES string of the molecule is CC1CNCC1C(=O)Nc1ccc([N+](=O)[O-])cc1. The molecule has 1 aliphatic rings. The second-order valence-electron chi connectivity index (χ2n) is 4.54. The highest BCUT2D eigenvalue weighted by Gasteiger charge is 2.29. The van der Waals surface area contributed by atoms with Crippen molar-refractivity contribution >= 4 is 17.3 Å². The summed E-state index contributed by atoms with van der Waals surface area (Å²) in [7, 11) is 0. The molecule has 2 unspecified atom stereocenters. The molecule has 1 aliphatic heterocycles. The van der Waals surface area contributed by atoms with Crippen molar-refractivity contribution in [2.24, 2.45) is 11.8 Å². The van der Waals surface area contributed by atoms with Crippen molar-refractivity contribution in [1.29, 1.82) is 0 Å². The molecule has 0 aromatic heterocycles. The maximum Gasteiger partial charge on any atom is 0.269 e. The van der Waals surface area contributed by atoms with Crippen LogP contribution in [0.1, 0.15) is 6.92 Å². The minimum atomic E-state index is -0.464. The van der Waals surface area contributed by atoms with Crippen LogP contribution in [0.4, 0.5) is 11.4 Å². The van der Waals surface area contributed by atoms with Gasteiger partial charge in [-0.1, -0.05) is 6.92 Å². The Kier molecular flexibility index (Phi) is 3.57. The first-order chi connectivity index (χ1) is 8.58. The number of anilines is 1. The van der Waals surface area contributed by atoms with Gasteiger partial charge in [0.25, 0.3) is 5.69 Å². The maximum atomic E-state index is 12.0. The number of amides is 1. The van der Waals surface area contributed by atoms with Gasteiger partial charge in [-0.2, -0.15) is 0 Å². The van der Waals surface area contributed by atoms with Gasteiger partial charge in [0.15, 0.2) is 0 Å². The van der Waals surface area contributed by atoms with Crippen molar-refractivity contribution in [3.63, 3.8) is 0 Å². The molecule has 0 aliphatic carbocycles. The maximum absolute atomic E-state index is 12.0. The highest BCUT2D eigenvalue weighted by atomic mass is 16.6. The van der Waals surface area contributed by atoms with Crippen molar-refractivity contribution in [2.75, 3.05) is 18.4 Å². The van der Waals surface area contributed by atoms with Crippen molar-refractivity contribution in [3.05, 3.63) is 34.4 Å². The van der Waals surface area contributed by atoms with Crippen LogP contribution in [0.15, 0.2) is 24.3 Å². The molecule has 0 bridgehead atoms. The number of hydrogen-bond donors (Lipinski definition) is 2. The predicted octanol–water partition coefficient (Wildman–Crippen LogP) is 1.39. The molecule has 0 radical (unpaired) electrons. The van der Waals surface area contributed by atoms with Crippen molar-refractivity contribution in [3.8, 4) is 0 Å². The van der Waals surface area contributed by atoms with E-state index >= 15 is 0 Å². The van der Waals surface area contributed by atoms with Crippen molar-refractivity contribution in [1.82, 2.24) is 5.32 Å². The molecule has 1 fully saturated rings. The topological polar surface area (TPSA) is 84.3 Å². The summed E-state index contributed by atoms with van der Waals surface area (Å²) in [4.78, 5) is 22.0. The van der Waals surface area contributed by atoms with Gasteiger partial charge in [-0.25, -0.2) is 0 Å². The lowest BCUT2D eigenvalue weighted by Gasteiger charge is -2.13. The average molecular weight is 249 g/mol. The zero-order valence-electron chi connectivity index (χ0n) is 10.1. The number of benzene rings is 1. The second kappa shape index (κ2) is 5.14. The van der Waals surface area contributed by atoms with Crippen LogP contribution in [0.5, 0.6) is 0 Å². The molecule has 6 nitrogen and oxygen atoms in total. The van der Waals surface area contributed by atoms with Gasteiger partial charge in [-0.05, 0) is 24.6 Å². The Labute approximate surface area is 105 Å². The molecule has 6 heteroatoms. The Morgan fingerprint density at radius 1 is 1.39 bits per heavy atom. The summed E-state index contributed by atoms with van der Waals surface area (Å²) in [5.41, 5.74) is 0.605. The van der Waals surface area contributed by atoms with Crippen LogP contribution in [0.2, 0.25) is 0 Å². The van der Waals surface area contributed by atoms with Crippen LogP contribution in [0.25, 0.3) is 0 Å². The molecule has 96 valence electrons. The van der Waals surface area contributed by atoms with Gasteiger partial charge in [0.2, 0.25) is 5.91 Å². The molecular formula is C12H15N3O3. The van der Waals surface area contributed by atoms with Crippen LogP contribution in [0.3, 0.4) is 0 Å². The first kappa shape index (κ1) is 12.5. The fourth-order valence-corrected chi connectivity index (χ4v) is 2.06. The molecule has 1 amide bonds. The van der Waals surface area contributed by atoms with Crippen LogP contribution >= 0.6 is 0 Å². The number of nitro groups is 1. The predicted molar refractivity (Wildman–Crippen MR) is 67.2 cm³/mol. The Bertz CT molecular complexity index is 458. The first-order valence-corrected chi connectivity index (χ1v) is 5.84. The Hall–Kier alpha value is -1.95. The van der Waals surface area contributed by atoms with E-state index in [0.717, 1.165) is 6.54 Å². The normalized spacial score (nSPS) is 22.7. The number of carbonyl (C=O) groups is 1. The number of carbonyl (C=O) groups excluding carboxylic acids is 1. The van der Waals surface area contributed by atoms with Gasteiger partial charge in [-0.15, -0.1) is 0 Å². The number of nitro benzene ring substituents is 1. The summed E-state index contributed by atoms with van der Waals surface area (Å²) in [6.07, 6.45) is 0. The number of non-ortho nitro benzene ring substituents is 1. The number of hydrogen-bond acceptors (Lipinski definition) is 4. The quantitative estimate of drug-likeness (QED) is 0.626. The van der Waals surface area contributed by atoms with E-state index in [1.54, 1.807) is 12.1 Å². The zero-order chi connectivity index (χ0) is 13.1. The molecule has 0 saturated carbocycles. The minimum Gasteiger partial charge on any atom is -0.326 e. The smallest absolute Gasteiger partial charge is 0.269 e. The molecule has 1 aromatic carbocycles. The molecule has 2 rings (SSSR count). The second-order valence-corrected chi connectivity index (χ2v) is 4.54. The Morgan fingerprint density at radius 3 is 2.56 bits per heavy atom. The molecule has 2 atom stereocenters. The van der Waals surface area contributed by atoms with E-state index in [9.17, 15) is 14.9 Å². The summed E-state index contributed by atoms with van der Waals surface area (Å²) in [6.45, 7) is 3.55. The first-order valence-electron chi connectivity index (χ1n) is 5.84. The molecule has 1 heterocycles. The number of nitrogens with one attached hydrogen (secondary N) is 2. The lowest BCUT2D eigenvalue weighted by atomic mass is 9.97. The fourth-order valence-electron chi connectivity index (χ4n) is 2.06. The monoisotopic (exact) mass is 249 g/mol. The minimum absolute atomic E-state index is 0.0175.